The van der Waals surface area contributed by atoms with Crippen molar-refractivity contribution in [2.24, 2.45) is 5.92 Å². The third-order valence-corrected chi connectivity index (χ3v) is 5.29. The summed E-state index contributed by atoms with van der Waals surface area (Å²) in [5.41, 5.74) is 1.47. The van der Waals surface area contributed by atoms with Crippen molar-refractivity contribution >= 4 is 11.8 Å². The number of aliphatic hydroxyl groups excluding tert-OH is 1. The number of benzene rings is 2. The van der Waals surface area contributed by atoms with Crippen LogP contribution in [-0.2, 0) is 11.3 Å². The zero-order valence-corrected chi connectivity index (χ0v) is 17.5. The molecule has 154 valence electrons. The summed E-state index contributed by atoms with van der Waals surface area (Å²) >= 11 is 1.39. The highest BCUT2D eigenvalue weighted by Crippen LogP contribution is 2.27. The molecule has 1 heterocycles. The molecule has 1 atom stereocenters. The van der Waals surface area contributed by atoms with Gasteiger partial charge in [0.25, 0.3) is 0 Å². The summed E-state index contributed by atoms with van der Waals surface area (Å²) in [5, 5.41) is 19.4. The van der Waals surface area contributed by atoms with E-state index in [1.165, 1.54) is 17.8 Å². The highest BCUT2D eigenvalue weighted by atomic mass is 32.2. The van der Waals surface area contributed by atoms with Gasteiger partial charge < -0.3 is 9.84 Å². The number of nitrogens with zero attached hydrogens (tertiary/aromatic N) is 3. The number of ether oxygens (including phenoxy) is 1. The molecular weight excluding hydrogens is 389 g/mol. The maximum Gasteiger partial charge on any atom is 0.191 e. The maximum atomic E-state index is 14.4. The second kappa shape index (κ2) is 10.5. The molecule has 1 unspecified atom stereocenters. The van der Waals surface area contributed by atoms with E-state index in [2.05, 4.69) is 24.0 Å². The number of thioether (sulfide) groups is 1. The minimum Gasteiger partial charge on any atom is -0.390 e. The lowest BCUT2D eigenvalue weighted by Gasteiger charge is -2.14. The Morgan fingerprint density at radius 1 is 1.03 bits per heavy atom. The van der Waals surface area contributed by atoms with Crippen LogP contribution in [0.3, 0.4) is 0 Å². The number of aliphatic hydroxyl groups is 1. The number of hydrogen-bond donors (Lipinski definition) is 1. The van der Waals surface area contributed by atoms with Gasteiger partial charge in [-0.3, -0.25) is 4.57 Å². The van der Waals surface area contributed by atoms with Crippen LogP contribution < -0.4 is 0 Å². The van der Waals surface area contributed by atoms with Crippen LogP contribution in [0, 0.1) is 11.7 Å². The van der Waals surface area contributed by atoms with Crippen molar-refractivity contribution in [2.45, 2.75) is 31.7 Å². The molecule has 1 N–H and O–H groups in total. The summed E-state index contributed by atoms with van der Waals surface area (Å²) in [6.07, 6.45) is -0.613. The van der Waals surface area contributed by atoms with Gasteiger partial charge in [0.1, 0.15) is 5.82 Å². The topological polar surface area (TPSA) is 60.2 Å². The Morgan fingerprint density at radius 2 is 1.76 bits per heavy atom. The molecule has 0 aliphatic heterocycles. The third kappa shape index (κ3) is 6.13. The molecule has 3 rings (SSSR count). The lowest BCUT2D eigenvalue weighted by Crippen LogP contribution is -2.20. The fraction of sp³-hybridized carbons (Fsp3) is 0.364. The van der Waals surface area contributed by atoms with Gasteiger partial charge in [0, 0.05) is 12.4 Å². The minimum atomic E-state index is -0.613. The number of halogens is 1. The first-order chi connectivity index (χ1) is 14.0. The summed E-state index contributed by atoms with van der Waals surface area (Å²) in [7, 11) is 0. The molecule has 0 radical (unpaired) electrons. The van der Waals surface area contributed by atoms with E-state index in [0.29, 0.717) is 41.4 Å². The zero-order valence-electron chi connectivity index (χ0n) is 16.7. The fourth-order valence-electron chi connectivity index (χ4n) is 2.80. The van der Waals surface area contributed by atoms with Gasteiger partial charge in [-0.1, -0.05) is 68.1 Å². The maximum absolute atomic E-state index is 14.4. The van der Waals surface area contributed by atoms with Crippen LogP contribution >= 0.6 is 11.8 Å². The molecule has 1 aromatic heterocycles. The Bertz CT molecular complexity index is 902. The molecule has 0 saturated heterocycles. The largest absolute Gasteiger partial charge is 0.390 e. The van der Waals surface area contributed by atoms with Gasteiger partial charge in [0.05, 0.1) is 24.8 Å². The quantitative estimate of drug-likeness (QED) is 0.502. The summed E-state index contributed by atoms with van der Waals surface area (Å²) in [4.78, 5) is 0. The van der Waals surface area contributed by atoms with Crippen LogP contribution in [0.25, 0.3) is 11.4 Å². The van der Waals surface area contributed by atoms with E-state index in [4.69, 9.17) is 4.74 Å². The Kier molecular flexibility index (Phi) is 7.80. The van der Waals surface area contributed by atoms with Crippen LogP contribution in [0.1, 0.15) is 19.4 Å². The van der Waals surface area contributed by atoms with Crippen LogP contribution in [0.4, 0.5) is 4.39 Å². The standard InChI is InChI=1S/C22H26FN3O2S/c1-16(2)13-28-14-18(27)15-29-22-25-24-21(19-10-6-7-11-20(19)23)26(22)12-17-8-4-3-5-9-17/h3-11,16,18,27H,12-15H2,1-2H3. The second-order valence-electron chi connectivity index (χ2n) is 7.25. The summed E-state index contributed by atoms with van der Waals surface area (Å²) in [6.45, 7) is 5.54. The summed E-state index contributed by atoms with van der Waals surface area (Å²) < 4.78 is 21.8. The SMILES string of the molecule is CC(C)COCC(O)CSc1nnc(-c2ccccc2F)n1Cc1ccccc1. The molecule has 0 bridgehead atoms. The Morgan fingerprint density at radius 3 is 2.48 bits per heavy atom. The van der Waals surface area contributed by atoms with Crippen LogP contribution in [0.2, 0.25) is 0 Å². The number of rotatable bonds is 10. The van der Waals surface area contributed by atoms with Crippen LogP contribution in [-0.4, -0.2) is 44.9 Å². The predicted molar refractivity (Wildman–Crippen MR) is 113 cm³/mol. The summed E-state index contributed by atoms with van der Waals surface area (Å²) in [6, 6.07) is 16.4. The molecule has 2 aromatic carbocycles. The molecule has 3 aromatic rings. The number of aromatic nitrogens is 3. The van der Waals surface area contributed by atoms with E-state index >= 15 is 0 Å². The first-order valence-corrected chi connectivity index (χ1v) is 10.6. The van der Waals surface area contributed by atoms with E-state index < -0.39 is 6.10 Å². The van der Waals surface area contributed by atoms with Crippen molar-refractivity contribution in [3.05, 3.63) is 66.0 Å². The van der Waals surface area contributed by atoms with Gasteiger partial charge in [-0.05, 0) is 23.6 Å². The lowest BCUT2D eigenvalue weighted by molar-refractivity contribution is 0.0364. The average molecular weight is 416 g/mol. The molecule has 0 fully saturated rings. The van der Waals surface area contributed by atoms with Crippen molar-refractivity contribution in [1.82, 2.24) is 14.8 Å². The first-order valence-electron chi connectivity index (χ1n) is 9.65. The highest BCUT2D eigenvalue weighted by Gasteiger charge is 2.18. The van der Waals surface area contributed by atoms with Gasteiger partial charge in [0.15, 0.2) is 11.0 Å². The van der Waals surface area contributed by atoms with E-state index in [9.17, 15) is 9.50 Å². The van der Waals surface area contributed by atoms with Crippen molar-refractivity contribution in [3.8, 4) is 11.4 Å². The normalized spacial score (nSPS) is 12.4. The van der Waals surface area contributed by atoms with Gasteiger partial charge in [-0.15, -0.1) is 10.2 Å². The molecule has 0 aliphatic rings. The Labute approximate surface area is 174 Å². The smallest absolute Gasteiger partial charge is 0.191 e. The predicted octanol–water partition coefficient (Wildman–Crippen LogP) is 4.26. The Balaban J connectivity index is 1.79. The molecule has 0 spiro atoms. The molecule has 0 aliphatic carbocycles. The van der Waals surface area contributed by atoms with Crippen LogP contribution in [0.15, 0.2) is 59.8 Å². The van der Waals surface area contributed by atoms with E-state index in [0.717, 1.165) is 5.56 Å². The molecule has 7 heteroatoms. The zero-order chi connectivity index (χ0) is 20.6. The molecule has 0 saturated carbocycles. The Hall–Kier alpha value is -2.22. The molecule has 5 nitrogen and oxygen atoms in total. The van der Waals surface area contributed by atoms with Crippen molar-refractivity contribution < 1.29 is 14.2 Å². The second-order valence-corrected chi connectivity index (χ2v) is 8.24. The van der Waals surface area contributed by atoms with Gasteiger partial charge in [0.2, 0.25) is 0 Å². The molecular formula is C22H26FN3O2S. The average Bonchev–Trinajstić information content (AvgIpc) is 3.09. The van der Waals surface area contributed by atoms with Crippen molar-refractivity contribution in [2.75, 3.05) is 19.0 Å². The van der Waals surface area contributed by atoms with Crippen molar-refractivity contribution in [1.29, 1.82) is 0 Å². The number of hydrogen-bond acceptors (Lipinski definition) is 5. The van der Waals surface area contributed by atoms with Gasteiger partial charge in [-0.25, -0.2) is 4.39 Å². The fourth-order valence-corrected chi connectivity index (χ4v) is 3.65. The molecule has 0 amide bonds. The molecule has 29 heavy (non-hydrogen) atoms. The minimum absolute atomic E-state index is 0.276. The van der Waals surface area contributed by atoms with Crippen LogP contribution in [0.5, 0.6) is 0 Å². The first kappa shape index (κ1) is 21.5. The summed E-state index contributed by atoms with van der Waals surface area (Å²) in [5.74, 6) is 0.975. The van der Waals surface area contributed by atoms with Crippen molar-refractivity contribution in [3.63, 3.8) is 0 Å². The van der Waals surface area contributed by atoms with Gasteiger partial charge >= 0.3 is 0 Å². The van der Waals surface area contributed by atoms with E-state index in [1.807, 2.05) is 34.9 Å². The lowest BCUT2D eigenvalue weighted by atomic mass is 10.2. The van der Waals surface area contributed by atoms with E-state index in [1.54, 1.807) is 18.2 Å². The van der Waals surface area contributed by atoms with Gasteiger partial charge in [-0.2, -0.15) is 0 Å². The monoisotopic (exact) mass is 415 g/mol. The van der Waals surface area contributed by atoms with E-state index in [-0.39, 0.29) is 12.4 Å². The highest BCUT2D eigenvalue weighted by molar-refractivity contribution is 7.99. The third-order valence-electron chi connectivity index (χ3n) is 4.18.